The first kappa shape index (κ1) is 26.2. The summed E-state index contributed by atoms with van der Waals surface area (Å²) in [5.41, 5.74) is 0.882. The fourth-order valence-electron chi connectivity index (χ4n) is 3.32. The molecule has 0 aliphatic rings. The van der Waals surface area contributed by atoms with E-state index in [9.17, 15) is 18.0 Å². The topological polar surface area (TPSA) is 105 Å². The van der Waals surface area contributed by atoms with Gasteiger partial charge in [0.1, 0.15) is 17.2 Å². The Kier molecular flexibility index (Phi) is 8.89. The van der Waals surface area contributed by atoms with Crippen LogP contribution in [0.25, 0.3) is 0 Å². The van der Waals surface area contributed by atoms with E-state index in [1.165, 1.54) is 19.2 Å². The number of carbonyl (C=O) groups excluding carboxylic acids is 2. The Morgan fingerprint density at radius 1 is 1.00 bits per heavy atom. The maximum Gasteiger partial charge on any atom is 0.268 e. The molecular weight excluding hydrogens is 534 g/mol. The summed E-state index contributed by atoms with van der Waals surface area (Å²) in [6, 6.07) is 19.5. The Labute approximate surface area is 213 Å². The number of hydrogen-bond donors (Lipinski definition) is 2. The molecule has 0 aliphatic carbocycles. The van der Waals surface area contributed by atoms with Gasteiger partial charge in [0.05, 0.1) is 24.0 Å². The molecule has 3 rings (SSSR count). The van der Waals surface area contributed by atoms with Crippen LogP contribution in [0.3, 0.4) is 0 Å². The highest BCUT2D eigenvalue weighted by Crippen LogP contribution is 2.32. The highest BCUT2D eigenvalue weighted by Gasteiger charge is 2.30. The minimum Gasteiger partial charge on any atom is -0.495 e. The van der Waals surface area contributed by atoms with Crippen LogP contribution in [-0.2, 0) is 14.8 Å². The predicted molar refractivity (Wildman–Crippen MR) is 139 cm³/mol. The number of halogens is 1. The third-order valence-electron chi connectivity index (χ3n) is 5.01. The molecule has 8 nitrogen and oxygen atoms in total. The van der Waals surface area contributed by atoms with Crippen molar-refractivity contribution in [3.63, 3.8) is 0 Å². The molecule has 35 heavy (non-hydrogen) atoms. The molecule has 10 heteroatoms. The van der Waals surface area contributed by atoms with Gasteiger partial charge in [-0.05, 0) is 48.9 Å². The lowest BCUT2D eigenvalue weighted by Crippen LogP contribution is -2.38. The zero-order chi connectivity index (χ0) is 25.4. The van der Waals surface area contributed by atoms with Crippen LogP contribution in [0.1, 0.15) is 23.7 Å². The molecule has 3 aromatic carbocycles. The summed E-state index contributed by atoms with van der Waals surface area (Å²) < 4.78 is 34.3. The van der Waals surface area contributed by atoms with E-state index >= 15 is 0 Å². The van der Waals surface area contributed by atoms with Gasteiger partial charge in [-0.2, -0.15) is 0 Å². The largest absolute Gasteiger partial charge is 0.495 e. The van der Waals surface area contributed by atoms with E-state index in [0.29, 0.717) is 16.7 Å². The third kappa shape index (κ3) is 6.40. The molecule has 0 heterocycles. The molecule has 0 fully saturated rings. The Balaban J connectivity index is 1.95. The molecule has 0 aliphatic heterocycles. The minimum atomic E-state index is -4.21. The second-order valence-electron chi connectivity index (χ2n) is 7.49. The number of benzene rings is 3. The molecule has 0 radical (unpaired) electrons. The van der Waals surface area contributed by atoms with Crippen molar-refractivity contribution in [2.45, 2.75) is 18.2 Å². The van der Waals surface area contributed by atoms with E-state index in [-0.39, 0.29) is 27.8 Å². The lowest BCUT2D eigenvalue weighted by molar-refractivity contribution is -0.114. The zero-order valence-electron chi connectivity index (χ0n) is 19.3. The van der Waals surface area contributed by atoms with E-state index in [2.05, 4.69) is 26.6 Å². The molecule has 0 unspecified atom stereocenters. The van der Waals surface area contributed by atoms with Crippen LogP contribution in [0, 0.1) is 0 Å². The van der Waals surface area contributed by atoms with Crippen LogP contribution in [-0.4, -0.2) is 40.4 Å². The van der Waals surface area contributed by atoms with Gasteiger partial charge in [-0.1, -0.05) is 53.2 Å². The van der Waals surface area contributed by atoms with E-state index in [1.54, 1.807) is 60.7 Å². The number of nitrogens with one attached hydrogen (secondary N) is 2. The number of hydrogen-bond acceptors (Lipinski definition) is 5. The van der Waals surface area contributed by atoms with Gasteiger partial charge in [0, 0.05) is 11.0 Å². The number of rotatable bonds is 10. The lowest BCUT2D eigenvalue weighted by Gasteiger charge is -2.25. The minimum absolute atomic E-state index is 0.0922. The summed E-state index contributed by atoms with van der Waals surface area (Å²) in [5.74, 6) is -0.788. The first-order chi connectivity index (χ1) is 16.8. The number of anilines is 2. The maximum absolute atomic E-state index is 13.7. The van der Waals surface area contributed by atoms with Crippen LogP contribution in [0.4, 0.5) is 11.4 Å². The van der Waals surface area contributed by atoms with Gasteiger partial charge in [-0.3, -0.25) is 13.9 Å². The molecule has 0 aromatic heterocycles. The van der Waals surface area contributed by atoms with Crippen LogP contribution in [0.5, 0.6) is 5.75 Å². The van der Waals surface area contributed by atoms with Crippen molar-refractivity contribution in [3.05, 3.63) is 82.8 Å². The van der Waals surface area contributed by atoms with Crippen LogP contribution in [0.15, 0.2) is 82.2 Å². The van der Waals surface area contributed by atoms with Gasteiger partial charge in [0.2, 0.25) is 5.91 Å². The zero-order valence-corrected chi connectivity index (χ0v) is 21.7. The van der Waals surface area contributed by atoms with E-state index in [4.69, 9.17) is 4.74 Å². The highest BCUT2D eigenvalue weighted by molar-refractivity contribution is 9.10. The maximum atomic E-state index is 13.7. The van der Waals surface area contributed by atoms with Crippen molar-refractivity contribution >= 4 is 49.1 Å². The molecule has 184 valence electrons. The first-order valence-corrected chi connectivity index (χ1v) is 13.1. The standard InChI is InChI=1S/C25H26BrN3O5S/c1-3-15-27-25(31)20-11-7-8-12-21(20)28-24(30)17-29(19-9-5-4-6-10-19)35(32,33)23-16-18(26)13-14-22(23)34-2/h4-14,16H,3,15,17H2,1-2H3,(H,27,31)(H,28,30). The van der Waals surface area contributed by atoms with Crippen molar-refractivity contribution in [2.24, 2.45) is 0 Å². The number of para-hydroxylation sites is 2. The fraction of sp³-hybridized carbons (Fsp3) is 0.200. The normalized spacial score (nSPS) is 10.9. The van der Waals surface area contributed by atoms with Crippen molar-refractivity contribution in [3.8, 4) is 5.75 Å². The second kappa shape index (κ2) is 11.9. The Hall–Kier alpha value is -3.37. The molecule has 2 N–H and O–H groups in total. The van der Waals surface area contributed by atoms with Crippen molar-refractivity contribution in [1.29, 1.82) is 0 Å². The Morgan fingerprint density at radius 2 is 1.69 bits per heavy atom. The lowest BCUT2D eigenvalue weighted by atomic mass is 10.1. The van der Waals surface area contributed by atoms with Crippen molar-refractivity contribution < 1.29 is 22.7 Å². The molecule has 0 spiro atoms. The summed E-state index contributed by atoms with van der Waals surface area (Å²) >= 11 is 3.30. The SMILES string of the molecule is CCCNC(=O)c1ccccc1NC(=O)CN(c1ccccc1)S(=O)(=O)c1cc(Br)ccc1OC. The molecule has 0 saturated heterocycles. The Bertz CT molecular complexity index is 1300. The molecular formula is C25H26BrN3O5S. The van der Waals surface area contributed by atoms with Gasteiger partial charge in [0.25, 0.3) is 15.9 Å². The average molecular weight is 560 g/mol. The second-order valence-corrected chi connectivity index (χ2v) is 10.2. The van der Waals surface area contributed by atoms with Gasteiger partial charge < -0.3 is 15.4 Å². The summed E-state index contributed by atoms with van der Waals surface area (Å²) in [6.45, 7) is 1.91. The van der Waals surface area contributed by atoms with Crippen molar-refractivity contribution in [1.82, 2.24) is 5.32 Å². The monoisotopic (exact) mass is 559 g/mol. The third-order valence-corrected chi connectivity index (χ3v) is 7.29. The van der Waals surface area contributed by atoms with Gasteiger partial charge in [-0.15, -0.1) is 0 Å². The van der Waals surface area contributed by atoms with Gasteiger partial charge >= 0.3 is 0 Å². The first-order valence-electron chi connectivity index (χ1n) is 10.9. The van der Waals surface area contributed by atoms with Crippen LogP contribution >= 0.6 is 15.9 Å². The molecule has 2 amide bonds. The summed E-state index contributed by atoms with van der Waals surface area (Å²) in [4.78, 5) is 25.5. The summed E-state index contributed by atoms with van der Waals surface area (Å²) in [6.07, 6.45) is 0.767. The number of carbonyl (C=O) groups is 2. The number of nitrogens with zero attached hydrogens (tertiary/aromatic N) is 1. The van der Waals surface area contributed by atoms with E-state index in [1.807, 2.05) is 6.92 Å². The number of sulfonamides is 1. The smallest absolute Gasteiger partial charge is 0.268 e. The highest BCUT2D eigenvalue weighted by atomic mass is 79.9. The van der Waals surface area contributed by atoms with Crippen LogP contribution < -0.4 is 19.7 Å². The molecule has 0 bridgehead atoms. The molecule has 0 atom stereocenters. The van der Waals surface area contributed by atoms with Crippen molar-refractivity contribution in [2.75, 3.05) is 29.8 Å². The average Bonchev–Trinajstić information content (AvgIpc) is 2.86. The summed E-state index contributed by atoms with van der Waals surface area (Å²) in [7, 11) is -2.83. The number of ether oxygens (including phenoxy) is 1. The molecule has 3 aromatic rings. The quantitative estimate of drug-likeness (QED) is 0.382. The fourth-order valence-corrected chi connectivity index (χ4v) is 5.44. The number of amides is 2. The van der Waals surface area contributed by atoms with Crippen LogP contribution in [0.2, 0.25) is 0 Å². The Morgan fingerprint density at radius 3 is 2.37 bits per heavy atom. The van der Waals surface area contributed by atoms with Gasteiger partial charge in [0.15, 0.2) is 0 Å². The number of methoxy groups -OCH3 is 1. The van der Waals surface area contributed by atoms with E-state index in [0.717, 1.165) is 10.7 Å². The summed E-state index contributed by atoms with van der Waals surface area (Å²) in [5, 5.41) is 5.46. The van der Waals surface area contributed by atoms with E-state index < -0.39 is 22.5 Å². The molecule has 0 saturated carbocycles. The van der Waals surface area contributed by atoms with Gasteiger partial charge in [-0.25, -0.2) is 8.42 Å². The predicted octanol–water partition coefficient (Wildman–Crippen LogP) is 4.43.